The molecule has 1 unspecified atom stereocenters. The normalized spacial score (nSPS) is 12.5. The molecule has 0 radical (unpaired) electrons. The summed E-state index contributed by atoms with van der Waals surface area (Å²) in [7, 11) is 0. The molecule has 0 fully saturated rings. The number of aryl methyl sites for hydroxylation is 1. The molecule has 1 atom stereocenters. The summed E-state index contributed by atoms with van der Waals surface area (Å²) >= 11 is -2.10. The van der Waals surface area contributed by atoms with E-state index in [1.165, 1.54) is 12.1 Å². The van der Waals surface area contributed by atoms with Gasteiger partial charge in [0.25, 0.3) is 0 Å². The zero-order valence-corrected chi connectivity index (χ0v) is 17.6. The summed E-state index contributed by atoms with van der Waals surface area (Å²) in [6, 6.07) is 18.9. The lowest BCUT2D eigenvalue weighted by molar-refractivity contribution is -0.137. The largest absolute Gasteiger partial charge is 0.416 e. The minimum absolute atomic E-state index is 0.271. The summed E-state index contributed by atoms with van der Waals surface area (Å²) in [6.45, 7) is 1.82. The molecule has 4 rings (SSSR count). The van der Waals surface area contributed by atoms with Gasteiger partial charge >= 0.3 is 6.18 Å². The quantitative estimate of drug-likeness (QED) is 0.363. The monoisotopic (exact) mass is 454 g/mol. The molecule has 0 aliphatic heterocycles. The van der Waals surface area contributed by atoms with Crippen molar-refractivity contribution in [1.29, 1.82) is 0 Å². The lowest BCUT2D eigenvalue weighted by atomic mass is 10.0. The number of aromatic nitrogens is 2. The maximum Gasteiger partial charge on any atom is 0.416 e. The smallest absolute Gasteiger partial charge is 0.302 e. The van der Waals surface area contributed by atoms with Gasteiger partial charge in [-0.25, -0.2) is 4.21 Å². The van der Waals surface area contributed by atoms with Gasteiger partial charge < -0.3 is 4.55 Å². The van der Waals surface area contributed by atoms with Crippen LogP contribution >= 0.6 is 0 Å². The summed E-state index contributed by atoms with van der Waals surface area (Å²) < 4.78 is 59.3. The van der Waals surface area contributed by atoms with Crippen molar-refractivity contribution in [3.63, 3.8) is 0 Å². The number of rotatable bonds is 4. The average molecular weight is 454 g/mol. The maximum atomic E-state index is 12.9. The number of pyridine rings is 2. The minimum Gasteiger partial charge on any atom is -0.302 e. The van der Waals surface area contributed by atoms with Gasteiger partial charge in [0.05, 0.1) is 21.8 Å². The molecular weight excluding hydrogens is 437 g/mol. The van der Waals surface area contributed by atoms with Crippen LogP contribution < -0.4 is 0 Å². The van der Waals surface area contributed by atoms with E-state index in [0.29, 0.717) is 28.2 Å². The van der Waals surface area contributed by atoms with Crippen LogP contribution in [0.3, 0.4) is 0 Å². The molecule has 162 valence electrons. The molecule has 0 bridgehead atoms. The first kappa shape index (κ1) is 21.9. The van der Waals surface area contributed by atoms with E-state index in [2.05, 4.69) is 9.97 Å². The van der Waals surface area contributed by atoms with E-state index in [1.54, 1.807) is 36.5 Å². The van der Waals surface area contributed by atoms with Crippen LogP contribution in [0.4, 0.5) is 13.2 Å². The molecule has 2 heterocycles. The standard InChI is InChI=1S/C24H17F3N2O2S/c1-15-11-19(16-5-7-20(8-6-16)24(25,26)27)14-23(29-15)18-9-10-28-22(13-18)17-3-2-4-21(12-17)32(30)31/h2-14H,1H3,(H,30,31). The van der Waals surface area contributed by atoms with Crippen LogP contribution in [0.15, 0.2) is 83.9 Å². The molecule has 8 heteroatoms. The van der Waals surface area contributed by atoms with Gasteiger partial charge in [-0.2, -0.15) is 13.2 Å². The molecule has 0 aliphatic carbocycles. The molecule has 0 spiro atoms. The Hall–Kier alpha value is -3.36. The van der Waals surface area contributed by atoms with Gasteiger partial charge in [-0.1, -0.05) is 24.3 Å². The first-order valence-corrected chi connectivity index (χ1v) is 10.7. The summed E-state index contributed by atoms with van der Waals surface area (Å²) in [6.07, 6.45) is -2.76. The van der Waals surface area contributed by atoms with E-state index >= 15 is 0 Å². The molecule has 4 nitrogen and oxygen atoms in total. The Morgan fingerprint density at radius 1 is 0.812 bits per heavy atom. The van der Waals surface area contributed by atoms with Crippen LogP contribution in [0.2, 0.25) is 0 Å². The highest BCUT2D eigenvalue weighted by Crippen LogP contribution is 2.32. The SMILES string of the molecule is Cc1cc(-c2ccc(C(F)(F)F)cc2)cc(-c2ccnc(-c3cccc(S(=O)O)c3)c2)n1. The van der Waals surface area contributed by atoms with E-state index in [0.717, 1.165) is 23.3 Å². The second-order valence-electron chi connectivity index (χ2n) is 7.16. The van der Waals surface area contributed by atoms with Crippen molar-refractivity contribution in [2.45, 2.75) is 18.0 Å². The van der Waals surface area contributed by atoms with E-state index in [9.17, 15) is 21.9 Å². The van der Waals surface area contributed by atoms with Gasteiger partial charge in [0, 0.05) is 23.0 Å². The van der Waals surface area contributed by atoms with Crippen molar-refractivity contribution in [1.82, 2.24) is 9.97 Å². The van der Waals surface area contributed by atoms with Crippen molar-refractivity contribution in [2.75, 3.05) is 0 Å². The number of halogens is 3. The maximum absolute atomic E-state index is 12.9. The molecule has 0 aliphatic rings. The Labute approximate surface area is 185 Å². The van der Waals surface area contributed by atoms with Crippen molar-refractivity contribution >= 4 is 11.1 Å². The zero-order chi connectivity index (χ0) is 22.9. The topological polar surface area (TPSA) is 63.1 Å². The van der Waals surface area contributed by atoms with Crippen LogP contribution in [-0.2, 0) is 17.3 Å². The highest BCUT2D eigenvalue weighted by atomic mass is 32.2. The predicted molar refractivity (Wildman–Crippen MR) is 117 cm³/mol. The highest BCUT2D eigenvalue weighted by molar-refractivity contribution is 7.79. The third kappa shape index (κ3) is 4.76. The van der Waals surface area contributed by atoms with Crippen LogP contribution in [0, 0.1) is 6.92 Å². The molecule has 0 amide bonds. The van der Waals surface area contributed by atoms with Gasteiger partial charge in [0.1, 0.15) is 0 Å². The Kier molecular flexibility index (Phi) is 5.90. The minimum atomic E-state index is -4.38. The van der Waals surface area contributed by atoms with Gasteiger partial charge in [0.15, 0.2) is 11.1 Å². The molecule has 2 aromatic carbocycles. The molecule has 32 heavy (non-hydrogen) atoms. The number of hydrogen-bond donors (Lipinski definition) is 1. The number of benzene rings is 2. The molecule has 4 aromatic rings. The van der Waals surface area contributed by atoms with E-state index < -0.39 is 22.8 Å². The Bertz CT molecular complexity index is 1310. The number of alkyl halides is 3. The molecular formula is C24H17F3N2O2S. The second-order valence-corrected chi connectivity index (χ2v) is 8.13. The molecule has 2 aromatic heterocycles. The summed E-state index contributed by atoms with van der Waals surface area (Å²) in [5.41, 5.74) is 4.12. The second kappa shape index (κ2) is 8.64. The highest BCUT2D eigenvalue weighted by Gasteiger charge is 2.30. The van der Waals surface area contributed by atoms with E-state index in [4.69, 9.17) is 0 Å². The lowest BCUT2D eigenvalue weighted by Crippen LogP contribution is -2.04. The van der Waals surface area contributed by atoms with Crippen molar-refractivity contribution in [2.24, 2.45) is 0 Å². The fraction of sp³-hybridized carbons (Fsp3) is 0.0833. The summed E-state index contributed by atoms with van der Waals surface area (Å²) in [5, 5.41) is 0. The van der Waals surface area contributed by atoms with Crippen molar-refractivity contribution < 1.29 is 21.9 Å². The van der Waals surface area contributed by atoms with Crippen LogP contribution in [0.25, 0.3) is 33.6 Å². The summed E-state index contributed by atoms with van der Waals surface area (Å²) in [5.74, 6) is 0. The van der Waals surface area contributed by atoms with E-state index in [1.807, 2.05) is 25.1 Å². The Balaban J connectivity index is 1.72. The third-order valence-electron chi connectivity index (χ3n) is 4.89. The van der Waals surface area contributed by atoms with Gasteiger partial charge in [-0.15, -0.1) is 0 Å². The Morgan fingerprint density at radius 3 is 2.19 bits per heavy atom. The fourth-order valence-corrected chi connectivity index (χ4v) is 3.77. The van der Waals surface area contributed by atoms with Gasteiger partial charge in [-0.3, -0.25) is 9.97 Å². The molecule has 1 N–H and O–H groups in total. The predicted octanol–water partition coefficient (Wildman–Crippen LogP) is 6.39. The van der Waals surface area contributed by atoms with Gasteiger partial charge in [0.2, 0.25) is 0 Å². The third-order valence-corrected chi connectivity index (χ3v) is 5.54. The fourth-order valence-electron chi connectivity index (χ4n) is 3.35. The zero-order valence-electron chi connectivity index (χ0n) is 16.8. The lowest BCUT2D eigenvalue weighted by Gasteiger charge is -2.11. The number of nitrogens with zero attached hydrogens (tertiary/aromatic N) is 2. The van der Waals surface area contributed by atoms with Crippen LogP contribution in [0.1, 0.15) is 11.3 Å². The van der Waals surface area contributed by atoms with E-state index in [-0.39, 0.29) is 4.90 Å². The van der Waals surface area contributed by atoms with Crippen LogP contribution in [-0.4, -0.2) is 18.7 Å². The Morgan fingerprint density at radius 2 is 1.50 bits per heavy atom. The molecule has 0 saturated heterocycles. The average Bonchev–Trinajstić information content (AvgIpc) is 2.78. The van der Waals surface area contributed by atoms with Crippen molar-refractivity contribution in [3.8, 4) is 33.6 Å². The first-order valence-electron chi connectivity index (χ1n) is 9.55. The number of hydrogen-bond acceptors (Lipinski definition) is 3. The molecule has 0 saturated carbocycles. The first-order chi connectivity index (χ1) is 15.2. The summed E-state index contributed by atoms with van der Waals surface area (Å²) in [4.78, 5) is 9.20. The van der Waals surface area contributed by atoms with Crippen molar-refractivity contribution in [3.05, 3.63) is 90.3 Å². The van der Waals surface area contributed by atoms with Gasteiger partial charge in [-0.05, 0) is 66.6 Å². The van der Waals surface area contributed by atoms with Crippen LogP contribution in [0.5, 0.6) is 0 Å².